The number of benzene rings is 2. The third-order valence-corrected chi connectivity index (χ3v) is 2.98. The molecule has 122 valence electrons. The van der Waals surface area contributed by atoms with Gasteiger partial charge >= 0.3 is 6.18 Å². The first-order chi connectivity index (χ1) is 10.8. The summed E-state index contributed by atoms with van der Waals surface area (Å²) in [5.74, 6) is -0.833. The molecule has 23 heavy (non-hydrogen) atoms. The maximum Gasteiger partial charge on any atom is 0.416 e. The van der Waals surface area contributed by atoms with Crippen molar-refractivity contribution >= 4 is 17.3 Å². The zero-order valence-corrected chi connectivity index (χ0v) is 12.0. The number of amides is 1. The van der Waals surface area contributed by atoms with Gasteiger partial charge in [-0.15, -0.1) is 0 Å². The van der Waals surface area contributed by atoms with Gasteiger partial charge in [0.25, 0.3) is 0 Å². The van der Waals surface area contributed by atoms with Crippen LogP contribution in [0.25, 0.3) is 0 Å². The standard InChI is InChI=1S/C16H14F4N2O/c17-12-4-2-6-14(10-12)22-15(23)7-8-21-13-5-1-3-11(9-13)16(18,19)20/h1-6,9-10,21H,7-8H2,(H,22,23). The average Bonchev–Trinajstić information content (AvgIpc) is 2.46. The van der Waals surface area contributed by atoms with Crippen molar-refractivity contribution in [2.75, 3.05) is 17.2 Å². The van der Waals surface area contributed by atoms with Crippen molar-refractivity contribution in [1.29, 1.82) is 0 Å². The van der Waals surface area contributed by atoms with Crippen LogP contribution in [0.15, 0.2) is 48.5 Å². The molecule has 0 aliphatic rings. The molecule has 0 aliphatic heterocycles. The van der Waals surface area contributed by atoms with Crippen LogP contribution < -0.4 is 10.6 Å². The lowest BCUT2D eigenvalue weighted by Gasteiger charge is -2.10. The van der Waals surface area contributed by atoms with Crippen LogP contribution in [0.5, 0.6) is 0 Å². The highest BCUT2D eigenvalue weighted by molar-refractivity contribution is 5.90. The molecular formula is C16H14F4N2O. The van der Waals surface area contributed by atoms with Crippen molar-refractivity contribution in [3.63, 3.8) is 0 Å². The molecule has 1 amide bonds. The first kappa shape index (κ1) is 16.8. The molecule has 0 aliphatic carbocycles. The van der Waals surface area contributed by atoms with E-state index in [0.717, 1.165) is 12.1 Å². The van der Waals surface area contributed by atoms with Gasteiger partial charge in [0, 0.05) is 24.3 Å². The summed E-state index contributed by atoms with van der Waals surface area (Å²) in [6.07, 6.45) is -4.38. The molecule has 0 atom stereocenters. The van der Waals surface area contributed by atoms with E-state index in [2.05, 4.69) is 10.6 Å². The molecule has 0 bridgehead atoms. The molecule has 0 radical (unpaired) electrons. The number of carbonyl (C=O) groups is 1. The molecule has 0 saturated carbocycles. The van der Waals surface area contributed by atoms with Crippen LogP contribution in [0.4, 0.5) is 28.9 Å². The lowest BCUT2D eigenvalue weighted by molar-refractivity contribution is -0.137. The van der Waals surface area contributed by atoms with Gasteiger partial charge in [0.1, 0.15) is 5.82 Å². The molecule has 2 aromatic carbocycles. The van der Waals surface area contributed by atoms with E-state index in [1.165, 1.54) is 30.3 Å². The summed E-state index contributed by atoms with van der Waals surface area (Å²) >= 11 is 0. The normalized spacial score (nSPS) is 11.1. The molecule has 2 rings (SSSR count). The van der Waals surface area contributed by atoms with Gasteiger partial charge in [-0.25, -0.2) is 4.39 Å². The quantitative estimate of drug-likeness (QED) is 0.805. The van der Waals surface area contributed by atoms with Gasteiger partial charge in [-0.2, -0.15) is 13.2 Å². The van der Waals surface area contributed by atoms with E-state index in [-0.39, 0.29) is 24.6 Å². The fraction of sp³-hybridized carbons (Fsp3) is 0.188. The number of halogens is 4. The van der Waals surface area contributed by atoms with Crippen LogP contribution in [0.3, 0.4) is 0 Å². The lowest BCUT2D eigenvalue weighted by Crippen LogP contribution is -2.16. The van der Waals surface area contributed by atoms with E-state index in [1.54, 1.807) is 6.07 Å². The Morgan fingerprint density at radius 2 is 1.70 bits per heavy atom. The fourth-order valence-electron chi connectivity index (χ4n) is 1.92. The van der Waals surface area contributed by atoms with Crippen molar-refractivity contribution < 1.29 is 22.4 Å². The second-order valence-electron chi connectivity index (χ2n) is 4.81. The minimum atomic E-state index is -4.41. The molecule has 2 aromatic rings. The average molecular weight is 326 g/mol. The summed E-state index contributed by atoms with van der Waals surface area (Å²) in [6.45, 7) is 0.155. The number of alkyl halides is 3. The topological polar surface area (TPSA) is 41.1 Å². The van der Waals surface area contributed by atoms with Gasteiger partial charge in [0.05, 0.1) is 5.56 Å². The van der Waals surface area contributed by atoms with Crippen molar-refractivity contribution in [2.45, 2.75) is 12.6 Å². The molecule has 0 aromatic heterocycles. The van der Waals surface area contributed by atoms with Crippen molar-refractivity contribution in [3.05, 3.63) is 59.9 Å². The number of hydrogen-bond donors (Lipinski definition) is 2. The number of nitrogens with one attached hydrogen (secondary N) is 2. The highest BCUT2D eigenvalue weighted by Gasteiger charge is 2.30. The zero-order valence-electron chi connectivity index (χ0n) is 12.0. The molecular weight excluding hydrogens is 312 g/mol. The Morgan fingerprint density at radius 1 is 1.00 bits per heavy atom. The van der Waals surface area contributed by atoms with Crippen LogP contribution in [-0.2, 0) is 11.0 Å². The van der Waals surface area contributed by atoms with Crippen molar-refractivity contribution in [2.24, 2.45) is 0 Å². The zero-order chi connectivity index (χ0) is 16.9. The molecule has 0 unspecified atom stereocenters. The van der Waals surface area contributed by atoms with Gasteiger partial charge in [0.2, 0.25) is 5.91 Å². The Morgan fingerprint density at radius 3 is 2.39 bits per heavy atom. The molecule has 0 fully saturated rings. The van der Waals surface area contributed by atoms with E-state index in [0.29, 0.717) is 5.69 Å². The second-order valence-corrected chi connectivity index (χ2v) is 4.81. The van der Waals surface area contributed by atoms with Crippen LogP contribution >= 0.6 is 0 Å². The second kappa shape index (κ2) is 7.13. The van der Waals surface area contributed by atoms with E-state index < -0.39 is 17.6 Å². The number of rotatable bonds is 5. The highest BCUT2D eigenvalue weighted by Crippen LogP contribution is 2.30. The Kier molecular flexibility index (Phi) is 5.20. The SMILES string of the molecule is O=C(CCNc1cccc(C(F)(F)F)c1)Nc1cccc(F)c1. The maximum atomic E-state index is 13.0. The predicted octanol–water partition coefficient (Wildman–Crippen LogP) is 4.29. The summed E-state index contributed by atoms with van der Waals surface area (Å²) in [6, 6.07) is 10.2. The summed E-state index contributed by atoms with van der Waals surface area (Å²) in [4.78, 5) is 11.7. The predicted molar refractivity (Wildman–Crippen MR) is 79.6 cm³/mol. The fourth-order valence-corrected chi connectivity index (χ4v) is 1.92. The first-order valence-corrected chi connectivity index (χ1v) is 6.81. The van der Waals surface area contributed by atoms with E-state index >= 15 is 0 Å². The number of carbonyl (C=O) groups excluding carboxylic acids is 1. The van der Waals surface area contributed by atoms with E-state index in [9.17, 15) is 22.4 Å². The van der Waals surface area contributed by atoms with Crippen LogP contribution in [0, 0.1) is 5.82 Å². The van der Waals surface area contributed by atoms with Crippen LogP contribution in [0.1, 0.15) is 12.0 Å². The molecule has 7 heteroatoms. The third-order valence-electron chi connectivity index (χ3n) is 2.98. The Hall–Kier alpha value is -2.57. The third kappa shape index (κ3) is 5.28. The van der Waals surface area contributed by atoms with Crippen LogP contribution in [0.2, 0.25) is 0 Å². The van der Waals surface area contributed by atoms with E-state index in [1.807, 2.05) is 0 Å². The molecule has 0 spiro atoms. The largest absolute Gasteiger partial charge is 0.416 e. The highest BCUT2D eigenvalue weighted by atomic mass is 19.4. The van der Waals surface area contributed by atoms with E-state index in [4.69, 9.17) is 0 Å². The van der Waals surface area contributed by atoms with Gasteiger partial charge in [-0.3, -0.25) is 4.79 Å². The Balaban J connectivity index is 1.84. The Bertz CT molecular complexity index is 686. The summed E-state index contributed by atoms with van der Waals surface area (Å²) < 4.78 is 50.7. The molecule has 3 nitrogen and oxygen atoms in total. The molecule has 0 heterocycles. The minimum absolute atomic E-state index is 0.0345. The van der Waals surface area contributed by atoms with Gasteiger partial charge < -0.3 is 10.6 Å². The lowest BCUT2D eigenvalue weighted by atomic mass is 10.2. The Labute approximate surface area is 130 Å². The van der Waals surface area contributed by atoms with Gasteiger partial charge in [-0.1, -0.05) is 12.1 Å². The summed E-state index contributed by atoms with van der Waals surface area (Å²) in [5, 5.41) is 5.26. The van der Waals surface area contributed by atoms with Crippen molar-refractivity contribution in [1.82, 2.24) is 0 Å². The van der Waals surface area contributed by atoms with Crippen molar-refractivity contribution in [3.8, 4) is 0 Å². The summed E-state index contributed by atoms with van der Waals surface area (Å²) in [5.41, 5.74) is -0.154. The smallest absolute Gasteiger partial charge is 0.385 e. The number of hydrogen-bond acceptors (Lipinski definition) is 2. The first-order valence-electron chi connectivity index (χ1n) is 6.81. The van der Waals surface area contributed by atoms with Gasteiger partial charge in [0.15, 0.2) is 0 Å². The van der Waals surface area contributed by atoms with Gasteiger partial charge in [-0.05, 0) is 36.4 Å². The van der Waals surface area contributed by atoms with Crippen LogP contribution in [-0.4, -0.2) is 12.5 Å². The molecule has 2 N–H and O–H groups in total. The minimum Gasteiger partial charge on any atom is -0.385 e. The number of anilines is 2. The monoisotopic (exact) mass is 326 g/mol. The maximum absolute atomic E-state index is 13.0. The summed E-state index contributed by atoms with van der Waals surface area (Å²) in [7, 11) is 0. The molecule has 0 saturated heterocycles.